The number of nitro groups is 1. The molecule has 0 aromatic heterocycles. The Morgan fingerprint density at radius 2 is 2.14 bits per heavy atom. The zero-order chi connectivity index (χ0) is 10.7. The van der Waals surface area contributed by atoms with Crippen LogP contribution < -0.4 is 4.74 Å². The quantitative estimate of drug-likeness (QED) is 0.585. The van der Waals surface area contributed by atoms with E-state index in [1.165, 1.54) is 6.07 Å². The van der Waals surface area contributed by atoms with Crippen LogP contribution >= 0.6 is 11.6 Å². The molecule has 0 aliphatic carbocycles. The summed E-state index contributed by atoms with van der Waals surface area (Å²) >= 11 is 5.45. The number of nitro benzene ring substituents is 1. The second-order valence-electron chi connectivity index (χ2n) is 2.22. The van der Waals surface area contributed by atoms with Crippen molar-refractivity contribution in [2.75, 3.05) is 0 Å². The fourth-order valence-electron chi connectivity index (χ4n) is 0.827. The van der Waals surface area contributed by atoms with Crippen LogP contribution in [0.5, 0.6) is 5.75 Å². The molecule has 1 aromatic rings. The van der Waals surface area contributed by atoms with E-state index >= 15 is 0 Å². The second-order valence-corrected chi connectivity index (χ2v) is 2.60. The van der Waals surface area contributed by atoms with Gasteiger partial charge in [0.1, 0.15) is 0 Å². The number of hydrogen-bond acceptors (Lipinski definition) is 3. The van der Waals surface area contributed by atoms with E-state index in [9.17, 15) is 18.9 Å². The summed E-state index contributed by atoms with van der Waals surface area (Å²) in [5, 5.41) is 9.91. The monoisotopic (exact) mass is 223 g/mol. The third-order valence-electron chi connectivity index (χ3n) is 1.36. The molecule has 0 heterocycles. The highest BCUT2D eigenvalue weighted by Gasteiger charge is 2.18. The van der Waals surface area contributed by atoms with Crippen LogP contribution in [0.1, 0.15) is 0 Å². The van der Waals surface area contributed by atoms with Gasteiger partial charge < -0.3 is 4.74 Å². The van der Waals surface area contributed by atoms with Crippen LogP contribution in [0.15, 0.2) is 18.2 Å². The molecule has 7 heteroatoms. The summed E-state index contributed by atoms with van der Waals surface area (Å²) in [5.41, 5.74) is -0.468. The Kier molecular flexibility index (Phi) is 3.19. The van der Waals surface area contributed by atoms with Gasteiger partial charge >= 0.3 is 6.61 Å². The number of ether oxygens (including phenoxy) is 1. The highest BCUT2D eigenvalue weighted by atomic mass is 35.5. The highest BCUT2D eigenvalue weighted by molar-refractivity contribution is 6.34. The first-order valence-corrected chi connectivity index (χ1v) is 3.78. The maximum atomic E-state index is 11.8. The van der Waals surface area contributed by atoms with Crippen molar-refractivity contribution in [1.29, 1.82) is 0 Å². The fraction of sp³-hybridized carbons (Fsp3) is 0.143. The van der Waals surface area contributed by atoms with Crippen LogP contribution in [-0.2, 0) is 0 Å². The molecule has 0 atom stereocenters. The lowest BCUT2D eigenvalue weighted by Gasteiger charge is -2.05. The third-order valence-corrected chi connectivity index (χ3v) is 1.74. The van der Waals surface area contributed by atoms with Gasteiger partial charge in [-0.3, -0.25) is 10.1 Å². The van der Waals surface area contributed by atoms with Crippen LogP contribution in [0, 0.1) is 10.1 Å². The van der Waals surface area contributed by atoms with Crippen LogP contribution in [0.4, 0.5) is 14.5 Å². The third kappa shape index (κ3) is 2.29. The van der Waals surface area contributed by atoms with Gasteiger partial charge in [-0.25, -0.2) is 0 Å². The van der Waals surface area contributed by atoms with Crippen LogP contribution in [0.3, 0.4) is 0 Å². The van der Waals surface area contributed by atoms with E-state index in [1.54, 1.807) is 0 Å². The maximum absolute atomic E-state index is 11.8. The van der Waals surface area contributed by atoms with Crippen molar-refractivity contribution in [3.8, 4) is 5.75 Å². The SMILES string of the molecule is O=[N+]([O-])c1cccc(OC(F)F)c1Cl. The highest BCUT2D eigenvalue weighted by Crippen LogP contribution is 2.33. The molecule has 0 saturated carbocycles. The lowest BCUT2D eigenvalue weighted by Crippen LogP contribution is -2.03. The summed E-state index contributed by atoms with van der Waals surface area (Å²) in [6.45, 7) is -3.06. The number of nitrogens with zero attached hydrogens (tertiary/aromatic N) is 1. The van der Waals surface area contributed by atoms with Crippen molar-refractivity contribution in [2.24, 2.45) is 0 Å². The minimum Gasteiger partial charge on any atom is -0.433 e. The average Bonchev–Trinajstić information content (AvgIpc) is 2.07. The van der Waals surface area contributed by atoms with E-state index < -0.39 is 28.0 Å². The standard InChI is InChI=1S/C7H4ClF2NO3/c8-6-4(11(12)13)2-1-3-5(6)14-7(9)10/h1-3,7H. The summed E-state index contributed by atoms with van der Waals surface area (Å²) in [7, 11) is 0. The van der Waals surface area contributed by atoms with Gasteiger partial charge in [-0.2, -0.15) is 8.78 Å². The van der Waals surface area contributed by atoms with Gasteiger partial charge in [0.05, 0.1) is 4.92 Å². The zero-order valence-electron chi connectivity index (χ0n) is 6.62. The molecule has 0 saturated heterocycles. The summed E-state index contributed by atoms with van der Waals surface area (Å²) in [6.07, 6.45) is 0. The topological polar surface area (TPSA) is 52.4 Å². The van der Waals surface area contributed by atoms with Crippen molar-refractivity contribution < 1.29 is 18.4 Å². The molecule has 0 N–H and O–H groups in total. The normalized spacial score (nSPS) is 10.3. The van der Waals surface area contributed by atoms with E-state index in [-0.39, 0.29) is 0 Å². The van der Waals surface area contributed by atoms with E-state index in [2.05, 4.69) is 4.74 Å². The van der Waals surface area contributed by atoms with Crippen molar-refractivity contribution in [1.82, 2.24) is 0 Å². The Balaban J connectivity index is 3.07. The molecule has 0 unspecified atom stereocenters. The van der Waals surface area contributed by atoms with Gasteiger partial charge in [0.15, 0.2) is 10.8 Å². The van der Waals surface area contributed by atoms with E-state index in [4.69, 9.17) is 11.6 Å². The summed E-state index contributed by atoms with van der Waals surface area (Å²) in [5.74, 6) is -0.407. The van der Waals surface area contributed by atoms with Crippen molar-refractivity contribution in [3.63, 3.8) is 0 Å². The lowest BCUT2D eigenvalue weighted by atomic mass is 10.3. The fourth-order valence-corrected chi connectivity index (χ4v) is 1.07. The molecule has 14 heavy (non-hydrogen) atoms. The number of halogens is 3. The summed E-state index contributed by atoms with van der Waals surface area (Å²) in [6, 6.07) is 3.43. The number of benzene rings is 1. The Labute approximate surface area is 82.2 Å². The Morgan fingerprint density at radius 3 is 2.64 bits per heavy atom. The van der Waals surface area contributed by atoms with E-state index in [0.29, 0.717) is 0 Å². The first-order valence-electron chi connectivity index (χ1n) is 3.40. The number of rotatable bonds is 3. The maximum Gasteiger partial charge on any atom is 0.387 e. The molecule has 0 radical (unpaired) electrons. The molecule has 0 fully saturated rings. The van der Waals surface area contributed by atoms with Crippen molar-refractivity contribution in [3.05, 3.63) is 33.3 Å². The van der Waals surface area contributed by atoms with Crippen LogP contribution in [0.2, 0.25) is 5.02 Å². The first-order chi connectivity index (χ1) is 6.52. The van der Waals surface area contributed by atoms with Gasteiger partial charge in [-0.1, -0.05) is 17.7 Å². The lowest BCUT2D eigenvalue weighted by molar-refractivity contribution is -0.384. The number of hydrogen-bond donors (Lipinski definition) is 0. The molecule has 1 rings (SSSR count). The Morgan fingerprint density at radius 1 is 1.50 bits per heavy atom. The Hall–Kier alpha value is -1.43. The predicted molar refractivity (Wildman–Crippen MR) is 44.7 cm³/mol. The smallest absolute Gasteiger partial charge is 0.387 e. The van der Waals surface area contributed by atoms with Gasteiger partial charge in [0, 0.05) is 6.07 Å². The molecule has 0 aliphatic heterocycles. The molecule has 4 nitrogen and oxygen atoms in total. The molecule has 0 spiro atoms. The molecular weight excluding hydrogens is 220 g/mol. The second kappa shape index (κ2) is 4.19. The van der Waals surface area contributed by atoms with Gasteiger partial charge in [0.25, 0.3) is 5.69 Å². The molecule has 1 aromatic carbocycles. The largest absolute Gasteiger partial charge is 0.433 e. The molecular formula is C7H4ClF2NO3. The summed E-state index contributed by atoms with van der Waals surface area (Å²) in [4.78, 5) is 9.56. The van der Waals surface area contributed by atoms with Crippen molar-refractivity contribution >= 4 is 17.3 Å². The first kappa shape index (κ1) is 10.6. The molecule has 0 bridgehead atoms. The summed E-state index contributed by atoms with van der Waals surface area (Å²) < 4.78 is 27.5. The average molecular weight is 224 g/mol. The van der Waals surface area contributed by atoms with Crippen molar-refractivity contribution in [2.45, 2.75) is 6.61 Å². The van der Waals surface area contributed by atoms with E-state index in [1.807, 2.05) is 0 Å². The van der Waals surface area contributed by atoms with Gasteiger partial charge in [-0.15, -0.1) is 0 Å². The predicted octanol–water partition coefficient (Wildman–Crippen LogP) is 2.85. The van der Waals surface area contributed by atoms with E-state index in [0.717, 1.165) is 12.1 Å². The van der Waals surface area contributed by atoms with Gasteiger partial charge in [0.2, 0.25) is 0 Å². The van der Waals surface area contributed by atoms with Crippen LogP contribution in [0.25, 0.3) is 0 Å². The molecule has 0 aliphatic rings. The minimum absolute atomic E-state index is 0.407. The minimum atomic E-state index is -3.06. The van der Waals surface area contributed by atoms with Crippen LogP contribution in [-0.4, -0.2) is 11.5 Å². The zero-order valence-corrected chi connectivity index (χ0v) is 7.37. The van der Waals surface area contributed by atoms with Gasteiger partial charge in [-0.05, 0) is 6.07 Å². The molecule has 0 amide bonds. The Bertz CT molecular complexity index is 359. The molecule has 76 valence electrons. The number of alkyl halides is 2.